The number of primary amides is 1. The Bertz CT molecular complexity index is 1420. The molecule has 3 aliphatic rings. The van der Waals surface area contributed by atoms with Crippen molar-refractivity contribution in [2.24, 2.45) is 24.6 Å². The number of rotatable bonds is 9. The number of carbonyl (C=O) groups excluding carboxylic acids is 4. The lowest BCUT2D eigenvalue weighted by Gasteiger charge is -2.44. The summed E-state index contributed by atoms with van der Waals surface area (Å²) < 4.78 is 12.6. The maximum atomic E-state index is 14.2. The molecule has 3 fully saturated rings. The fourth-order valence-corrected chi connectivity index (χ4v) is 7.22. The van der Waals surface area contributed by atoms with Crippen molar-refractivity contribution in [3.05, 3.63) is 29.5 Å². The smallest absolute Gasteiger partial charge is 0.271 e. The summed E-state index contributed by atoms with van der Waals surface area (Å²) in [6.07, 6.45) is 4.92. The van der Waals surface area contributed by atoms with E-state index in [1.54, 1.807) is 60.6 Å². The second-order valence-corrected chi connectivity index (χ2v) is 12.5. The average molecular weight is 611 g/mol. The Morgan fingerprint density at radius 3 is 2.16 bits per heavy atom. The lowest BCUT2D eigenvalue weighted by atomic mass is 9.69. The van der Waals surface area contributed by atoms with E-state index in [2.05, 4.69) is 5.32 Å². The number of nitrogens with zero attached hydrogens (tertiary/aromatic N) is 4. The van der Waals surface area contributed by atoms with Gasteiger partial charge in [-0.15, -0.1) is 0 Å². The number of methoxy groups -OCH3 is 2. The van der Waals surface area contributed by atoms with Crippen molar-refractivity contribution in [1.29, 1.82) is 0 Å². The van der Waals surface area contributed by atoms with E-state index in [4.69, 9.17) is 15.2 Å². The average Bonchev–Trinajstić information content (AvgIpc) is 3.31. The van der Waals surface area contributed by atoms with Crippen LogP contribution in [0.25, 0.3) is 10.9 Å². The molecule has 1 aliphatic carbocycles. The molecule has 1 aromatic carbocycles. The fraction of sp³-hybridized carbons (Fsp3) is 0.625. The van der Waals surface area contributed by atoms with Crippen molar-refractivity contribution in [2.45, 2.75) is 50.7 Å². The first kappa shape index (κ1) is 31.8. The number of nitrogens with one attached hydrogen (secondary N) is 1. The summed E-state index contributed by atoms with van der Waals surface area (Å²) in [6, 6.07) is 5.45. The van der Waals surface area contributed by atoms with E-state index < -0.39 is 17.4 Å². The molecule has 44 heavy (non-hydrogen) atoms. The summed E-state index contributed by atoms with van der Waals surface area (Å²) in [5, 5.41) is 3.76. The zero-order chi connectivity index (χ0) is 31.8. The van der Waals surface area contributed by atoms with E-state index in [1.165, 1.54) is 0 Å². The third kappa shape index (κ3) is 5.53. The molecule has 12 nitrogen and oxygen atoms in total. The van der Waals surface area contributed by atoms with Crippen LogP contribution in [0.2, 0.25) is 0 Å². The van der Waals surface area contributed by atoms with Crippen molar-refractivity contribution in [3.63, 3.8) is 0 Å². The third-order valence-electron chi connectivity index (χ3n) is 10.2. The van der Waals surface area contributed by atoms with Crippen molar-refractivity contribution >= 4 is 34.5 Å². The van der Waals surface area contributed by atoms with Crippen LogP contribution in [0.4, 0.5) is 0 Å². The molecule has 240 valence electrons. The van der Waals surface area contributed by atoms with Crippen LogP contribution in [0.15, 0.2) is 18.2 Å². The van der Waals surface area contributed by atoms with Crippen LogP contribution in [0.3, 0.4) is 0 Å². The Hall–Kier alpha value is -3.64. The highest BCUT2D eigenvalue weighted by Crippen LogP contribution is 2.38. The third-order valence-corrected chi connectivity index (χ3v) is 10.2. The van der Waals surface area contributed by atoms with Gasteiger partial charge in [0, 0.05) is 64.9 Å². The zero-order valence-electron chi connectivity index (χ0n) is 26.6. The van der Waals surface area contributed by atoms with Gasteiger partial charge in [-0.05, 0) is 44.9 Å². The first-order valence-corrected chi connectivity index (χ1v) is 15.6. The highest BCUT2D eigenvalue weighted by atomic mass is 16.5. The zero-order valence-corrected chi connectivity index (χ0v) is 26.6. The molecule has 2 aromatic rings. The van der Waals surface area contributed by atoms with Gasteiger partial charge in [-0.25, -0.2) is 0 Å². The molecule has 1 saturated carbocycles. The van der Waals surface area contributed by atoms with Crippen LogP contribution in [-0.2, 0) is 21.4 Å². The Balaban J connectivity index is 1.39. The molecule has 5 rings (SSSR count). The minimum Gasteiger partial charge on any atom is -0.497 e. The van der Waals surface area contributed by atoms with Crippen molar-refractivity contribution < 1.29 is 28.7 Å². The number of hydrogen-bond acceptors (Lipinski definition) is 7. The van der Waals surface area contributed by atoms with Gasteiger partial charge in [-0.3, -0.25) is 19.2 Å². The molecular weight excluding hydrogens is 564 g/mol. The summed E-state index contributed by atoms with van der Waals surface area (Å²) in [5.74, 6) is -1.01. The van der Waals surface area contributed by atoms with E-state index >= 15 is 0 Å². The number of fused-ring (bicyclic) bond motifs is 1. The van der Waals surface area contributed by atoms with Crippen molar-refractivity contribution in [2.75, 3.05) is 60.5 Å². The number of aryl methyl sites for hydroxylation is 1. The second-order valence-electron chi connectivity index (χ2n) is 12.5. The first-order valence-electron chi connectivity index (χ1n) is 15.6. The van der Waals surface area contributed by atoms with Gasteiger partial charge >= 0.3 is 0 Å². The molecule has 1 unspecified atom stereocenters. The number of likely N-dealkylation sites (N-methyl/N-ethyl adjacent to an activating group) is 1. The van der Waals surface area contributed by atoms with E-state index in [1.807, 2.05) is 12.1 Å². The van der Waals surface area contributed by atoms with E-state index in [-0.39, 0.29) is 29.7 Å². The van der Waals surface area contributed by atoms with Crippen LogP contribution in [0.5, 0.6) is 5.75 Å². The minimum atomic E-state index is -1.18. The number of hydrogen-bond donors (Lipinski definition) is 2. The molecule has 2 saturated heterocycles. The van der Waals surface area contributed by atoms with Crippen molar-refractivity contribution in [3.8, 4) is 5.75 Å². The van der Waals surface area contributed by atoms with E-state index in [0.29, 0.717) is 61.7 Å². The lowest BCUT2D eigenvalue weighted by molar-refractivity contribution is -0.147. The molecule has 4 amide bonds. The number of benzene rings is 1. The predicted octanol–water partition coefficient (Wildman–Crippen LogP) is 1.60. The van der Waals surface area contributed by atoms with Gasteiger partial charge in [0.2, 0.25) is 11.8 Å². The van der Waals surface area contributed by atoms with Crippen LogP contribution in [0.1, 0.15) is 59.9 Å². The predicted molar refractivity (Wildman–Crippen MR) is 165 cm³/mol. The molecule has 2 aliphatic heterocycles. The molecule has 12 heteroatoms. The lowest BCUT2D eigenvalue weighted by Crippen LogP contribution is -2.64. The Morgan fingerprint density at radius 2 is 1.59 bits per heavy atom. The molecular formula is C32H46N6O6. The monoisotopic (exact) mass is 610 g/mol. The Morgan fingerprint density at radius 1 is 0.955 bits per heavy atom. The molecule has 0 bridgehead atoms. The first-order chi connectivity index (χ1) is 21.0. The number of likely N-dealkylation sites (tertiary alicyclic amines) is 1. The van der Waals surface area contributed by atoms with E-state index in [0.717, 1.165) is 37.6 Å². The highest BCUT2D eigenvalue weighted by Gasteiger charge is 2.49. The number of carbonyl (C=O) groups is 4. The topological polar surface area (TPSA) is 139 Å². The molecule has 0 spiro atoms. The highest BCUT2D eigenvalue weighted by molar-refractivity contribution is 6.16. The van der Waals surface area contributed by atoms with Gasteiger partial charge in [0.25, 0.3) is 11.8 Å². The molecule has 0 radical (unpaired) electrons. The van der Waals surface area contributed by atoms with Gasteiger partial charge in [-0.2, -0.15) is 0 Å². The minimum absolute atomic E-state index is 0.0180. The number of piperazine rings is 1. The standard InChI is InChI=1S/C32H46N6O6/c1-32(34-2,31(33)42)26(20-9-7-6-8-10-20)29(40)36-13-15-37(16-14-36)30(41)27-25(28(39)38-18-22(19-38)44-5)23-12-11-21(43-4)17-24(23)35(27)3/h11-12,17,20,22,26,34H,6-10,13-16,18-19H2,1-5H3,(H2,33,42)/t26-,32?/m1/s1. The number of ether oxygens (including phenoxy) is 2. The van der Waals surface area contributed by atoms with E-state index in [9.17, 15) is 19.2 Å². The molecule has 1 aromatic heterocycles. The van der Waals surface area contributed by atoms with Gasteiger partial charge in [0.05, 0.1) is 30.2 Å². The number of amides is 4. The summed E-state index contributed by atoms with van der Waals surface area (Å²) in [5.41, 5.74) is 6.09. The van der Waals surface area contributed by atoms with Gasteiger partial charge in [-0.1, -0.05) is 19.3 Å². The second kappa shape index (κ2) is 12.8. The SMILES string of the molecule is CNC(C)(C(N)=O)[C@@H](C(=O)N1CCN(C(=O)c2c(C(=O)N3CC(OC)C3)c3ccc(OC)cc3n2C)CC1)C1CCCCC1. The summed E-state index contributed by atoms with van der Waals surface area (Å²) in [4.78, 5) is 59.9. The maximum absolute atomic E-state index is 14.2. The summed E-state index contributed by atoms with van der Waals surface area (Å²) in [7, 11) is 6.67. The Kier molecular flexibility index (Phi) is 9.22. The largest absolute Gasteiger partial charge is 0.497 e. The normalized spacial score (nSPS) is 20.2. The van der Waals surface area contributed by atoms with Crippen LogP contribution >= 0.6 is 0 Å². The Labute approximate surface area is 258 Å². The van der Waals surface area contributed by atoms with Gasteiger partial charge in [0.1, 0.15) is 17.0 Å². The van der Waals surface area contributed by atoms with Crippen molar-refractivity contribution in [1.82, 2.24) is 24.6 Å². The van der Waals surface area contributed by atoms with Crippen LogP contribution < -0.4 is 15.8 Å². The number of aromatic nitrogens is 1. The fourth-order valence-electron chi connectivity index (χ4n) is 7.22. The molecule has 2 atom stereocenters. The van der Waals surface area contributed by atoms with Crippen LogP contribution in [0, 0.1) is 11.8 Å². The summed E-state index contributed by atoms with van der Waals surface area (Å²) in [6.45, 7) is 3.94. The van der Waals surface area contributed by atoms with Gasteiger partial charge in [0.15, 0.2) is 0 Å². The molecule has 3 heterocycles. The number of nitrogens with two attached hydrogens (primary N) is 1. The van der Waals surface area contributed by atoms with Gasteiger partial charge < -0.3 is 39.8 Å². The summed E-state index contributed by atoms with van der Waals surface area (Å²) >= 11 is 0. The molecule has 3 N–H and O–H groups in total. The van der Waals surface area contributed by atoms with Crippen LogP contribution in [-0.4, -0.2) is 115 Å². The maximum Gasteiger partial charge on any atom is 0.271 e. The quantitative estimate of drug-likeness (QED) is 0.440.